The summed E-state index contributed by atoms with van der Waals surface area (Å²) in [6, 6.07) is 8.49. The molecule has 0 spiro atoms. The molecule has 2 fully saturated rings. The zero-order chi connectivity index (χ0) is 16.9. The van der Waals surface area contributed by atoms with E-state index in [2.05, 4.69) is 16.3 Å². The van der Waals surface area contributed by atoms with Gasteiger partial charge in [-0.05, 0) is 51.3 Å². The number of ether oxygens (including phenoxy) is 1. The Morgan fingerprint density at radius 3 is 2.75 bits per heavy atom. The van der Waals surface area contributed by atoms with Crippen LogP contribution in [0, 0.1) is 5.92 Å². The van der Waals surface area contributed by atoms with E-state index in [1.807, 2.05) is 18.2 Å². The predicted octanol–water partition coefficient (Wildman–Crippen LogP) is 2.08. The Morgan fingerprint density at radius 2 is 2.08 bits per heavy atom. The third-order valence-corrected chi connectivity index (χ3v) is 5.39. The molecule has 2 aliphatic rings. The van der Waals surface area contributed by atoms with Gasteiger partial charge in [0.05, 0.1) is 13.2 Å². The van der Waals surface area contributed by atoms with Crippen LogP contribution in [0.1, 0.15) is 43.7 Å². The van der Waals surface area contributed by atoms with Crippen molar-refractivity contribution in [3.8, 4) is 5.75 Å². The van der Waals surface area contributed by atoms with Crippen molar-refractivity contribution in [3.05, 3.63) is 29.8 Å². The Kier molecular flexibility index (Phi) is 5.74. The van der Waals surface area contributed by atoms with Gasteiger partial charge in [-0.15, -0.1) is 0 Å². The van der Waals surface area contributed by atoms with Gasteiger partial charge in [-0.1, -0.05) is 18.2 Å². The van der Waals surface area contributed by atoms with Crippen LogP contribution in [0.5, 0.6) is 5.75 Å². The molecule has 3 atom stereocenters. The molecule has 0 bridgehead atoms. The predicted molar refractivity (Wildman–Crippen MR) is 94.9 cm³/mol. The fourth-order valence-corrected chi connectivity index (χ4v) is 4.03. The van der Waals surface area contributed by atoms with Gasteiger partial charge in [-0.2, -0.15) is 0 Å². The van der Waals surface area contributed by atoms with Gasteiger partial charge in [0.25, 0.3) is 0 Å². The first-order valence-corrected chi connectivity index (χ1v) is 9.09. The van der Waals surface area contributed by atoms with E-state index in [4.69, 9.17) is 10.5 Å². The zero-order valence-corrected chi connectivity index (χ0v) is 14.5. The van der Waals surface area contributed by atoms with E-state index in [0.717, 1.165) is 43.7 Å². The SMILES string of the molecule is COc1ccccc1C(CNC(=O)C1CCC(N)C1)N1CCCC1. The molecule has 24 heavy (non-hydrogen) atoms. The van der Waals surface area contributed by atoms with Gasteiger partial charge in [0.2, 0.25) is 5.91 Å². The van der Waals surface area contributed by atoms with Gasteiger partial charge in [0.1, 0.15) is 5.75 Å². The van der Waals surface area contributed by atoms with Crippen molar-refractivity contribution in [1.29, 1.82) is 0 Å². The first kappa shape index (κ1) is 17.2. The Bertz CT molecular complexity index is 557. The number of likely N-dealkylation sites (tertiary alicyclic amines) is 1. The molecule has 5 nitrogen and oxygen atoms in total. The van der Waals surface area contributed by atoms with Crippen LogP contribution >= 0.6 is 0 Å². The van der Waals surface area contributed by atoms with Crippen molar-refractivity contribution in [2.24, 2.45) is 11.7 Å². The van der Waals surface area contributed by atoms with Crippen molar-refractivity contribution < 1.29 is 9.53 Å². The lowest BCUT2D eigenvalue weighted by Gasteiger charge is -2.29. The third kappa shape index (κ3) is 3.90. The highest BCUT2D eigenvalue weighted by atomic mass is 16.5. The van der Waals surface area contributed by atoms with Crippen LogP contribution in [-0.2, 0) is 4.79 Å². The van der Waals surface area contributed by atoms with Crippen molar-refractivity contribution in [2.45, 2.75) is 44.2 Å². The summed E-state index contributed by atoms with van der Waals surface area (Å²) in [5.41, 5.74) is 7.10. The summed E-state index contributed by atoms with van der Waals surface area (Å²) in [5, 5.41) is 3.18. The number of nitrogens with two attached hydrogens (primary N) is 1. The first-order valence-electron chi connectivity index (χ1n) is 9.09. The average Bonchev–Trinajstić information content (AvgIpc) is 3.27. The van der Waals surface area contributed by atoms with Gasteiger partial charge in [0.15, 0.2) is 0 Å². The molecule has 5 heteroatoms. The third-order valence-electron chi connectivity index (χ3n) is 5.39. The number of carbonyl (C=O) groups excluding carboxylic acids is 1. The highest BCUT2D eigenvalue weighted by molar-refractivity contribution is 5.79. The summed E-state index contributed by atoms with van der Waals surface area (Å²) < 4.78 is 5.55. The van der Waals surface area contributed by atoms with E-state index < -0.39 is 0 Å². The number of methoxy groups -OCH3 is 1. The van der Waals surface area contributed by atoms with Crippen LogP contribution in [0.15, 0.2) is 24.3 Å². The lowest BCUT2D eigenvalue weighted by Crippen LogP contribution is -2.39. The molecule has 0 aromatic heterocycles. The first-order chi connectivity index (χ1) is 11.7. The normalized spacial score (nSPS) is 25.6. The van der Waals surface area contributed by atoms with E-state index in [0.29, 0.717) is 6.54 Å². The molecule has 3 unspecified atom stereocenters. The smallest absolute Gasteiger partial charge is 0.223 e. The number of hydrogen-bond acceptors (Lipinski definition) is 4. The molecule has 1 aromatic carbocycles. The van der Waals surface area contributed by atoms with E-state index >= 15 is 0 Å². The molecule has 132 valence electrons. The zero-order valence-electron chi connectivity index (χ0n) is 14.5. The molecule has 3 N–H and O–H groups in total. The summed E-state index contributed by atoms with van der Waals surface area (Å²) >= 11 is 0. The molecule has 0 radical (unpaired) electrons. The summed E-state index contributed by atoms with van der Waals surface area (Å²) in [6.07, 6.45) is 5.12. The Morgan fingerprint density at radius 1 is 1.33 bits per heavy atom. The van der Waals surface area contributed by atoms with Crippen LogP contribution in [-0.4, -0.2) is 43.6 Å². The van der Waals surface area contributed by atoms with Crippen LogP contribution in [0.2, 0.25) is 0 Å². The largest absolute Gasteiger partial charge is 0.496 e. The highest BCUT2D eigenvalue weighted by Gasteiger charge is 2.30. The van der Waals surface area contributed by atoms with Crippen molar-refractivity contribution in [2.75, 3.05) is 26.7 Å². The minimum absolute atomic E-state index is 0.0805. The van der Waals surface area contributed by atoms with Crippen molar-refractivity contribution in [1.82, 2.24) is 10.2 Å². The Hall–Kier alpha value is -1.59. The minimum Gasteiger partial charge on any atom is -0.496 e. The highest BCUT2D eigenvalue weighted by Crippen LogP contribution is 2.31. The fourth-order valence-electron chi connectivity index (χ4n) is 4.03. The van der Waals surface area contributed by atoms with Crippen molar-refractivity contribution in [3.63, 3.8) is 0 Å². The van der Waals surface area contributed by atoms with Crippen LogP contribution < -0.4 is 15.8 Å². The number of carbonyl (C=O) groups is 1. The number of hydrogen-bond donors (Lipinski definition) is 2. The summed E-state index contributed by atoms with van der Waals surface area (Å²) in [6.45, 7) is 2.78. The molecule has 3 rings (SSSR count). The van der Waals surface area contributed by atoms with Crippen LogP contribution in [0.25, 0.3) is 0 Å². The quantitative estimate of drug-likeness (QED) is 0.837. The second kappa shape index (κ2) is 7.99. The lowest BCUT2D eigenvalue weighted by molar-refractivity contribution is -0.125. The van der Waals surface area contributed by atoms with Gasteiger partial charge in [0, 0.05) is 24.1 Å². The molecular formula is C19H29N3O2. The number of amides is 1. The van der Waals surface area contributed by atoms with Gasteiger partial charge < -0.3 is 15.8 Å². The second-order valence-corrected chi connectivity index (χ2v) is 7.02. The molecule has 1 aliphatic carbocycles. The number of nitrogens with one attached hydrogen (secondary N) is 1. The molecule has 1 amide bonds. The number of rotatable bonds is 6. The molecule has 1 saturated carbocycles. The monoisotopic (exact) mass is 331 g/mol. The van der Waals surface area contributed by atoms with Crippen LogP contribution in [0.4, 0.5) is 0 Å². The maximum absolute atomic E-state index is 12.5. The number of nitrogens with zero attached hydrogens (tertiary/aromatic N) is 1. The molecular weight excluding hydrogens is 302 g/mol. The number of para-hydroxylation sites is 1. The van der Waals surface area contributed by atoms with Gasteiger partial charge >= 0.3 is 0 Å². The van der Waals surface area contributed by atoms with Gasteiger partial charge in [-0.3, -0.25) is 9.69 Å². The fraction of sp³-hybridized carbons (Fsp3) is 0.632. The van der Waals surface area contributed by atoms with Gasteiger partial charge in [-0.25, -0.2) is 0 Å². The van der Waals surface area contributed by atoms with Crippen LogP contribution in [0.3, 0.4) is 0 Å². The van der Waals surface area contributed by atoms with E-state index in [-0.39, 0.29) is 23.9 Å². The number of benzene rings is 1. The van der Waals surface area contributed by atoms with E-state index in [1.165, 1.54) is 12.8 Å². The second-order valence-electron chi connectivity index (χ2n) is 7.02. The topological polar surface area (TPSA) is 67.6 Å². The molecule has 1 saturated heterocycles. The Labute approximate surface area is 144 Å². The van der Waals surface area contributed by atoms with E-state index in [9.17, 15) is 4.79 Å². The lowest BCUT2D eigenvalue weighted by atomic mass is 10.0. The molecule has 1 aliphatic heterocycles. The maximum atomic E-state index is 12.5. The van der Waals surface area contributed by atoms with Crippen molar-refractivity contribution >= 4 is 5.91 Å². The minimum atomic E-state index is 0.0805. The maximum Gasteiger partial charge on any atom is 0.223 e. The van der Waals surface area contributed by atoms with E-state index in [1.54, 1.807) is 7.11 Å². The summed E-state index contributed by atoms with van der Waals surface area (Å²) in [4.78, 5) is 14.9. The average molecular weight is 331 g/mol. The summed E-state index contributed by atoms with van der Waals surface area (Å²) in [7, 11) is 1.71. The molecule has 1 heterocycles. The molecule has 1 aromatic rings. The Balaban J connectivity index is 1.70. The standard InChI is InChI=1S/C19H29N3O2/c1-24-18-7-3-2-6-16(18)17(22-10-4-5-11-22)13-21-19(23)14-8-9-15(20)12-14/h2-3,6-7,14-15,17H,4-5,8-13,20H2,1H3,(H,21,23). The summed E-state index contributed by atoms with van der Waals surface area (Å²) in [5.74, 6) is 1.13.